The van der Waals surface area contributed by atoms with Gasteiger partial charge in [0.25, 0.3) is 0 Å². The number of aromatic carboxylic acids is 1. The number of carboxylic acid groups (broad SMARTS) is 1. The molecule has 0 aliphatic rings. The number of hydrogen-bond acceptors (Lipinski definition) is 8. The second kappa shape index (κ2) is 9.49. The molecule has 9 heteroatoms. The van der Waals surface area contributed by atoms with Crippen molar-refractivity contribution in [1.29, 1.82) is 0 Å². The van der Waals surface area contributed by atoms with Gasteiger partial charge >= 0.3 is 11.9 Å². The molecule has 0 saturated carbocycles. The maximum absolute atomic E-state index is 11.9. The highest BCUT2D eigenvalue weighted by Gasteiger charge is 2.18. The molecule has 0 heterocycles. The summed E-state index contributed by atoms with van der Waals surface area (Å²) in [5.74, 6) is -2.61. The number of carboxylic acids is 1. The molecule has 0 aromatic heterocycles. The number of esters is 1. The Bertz CT molecular complexity index is 773. The first-order chi connectivity index (χ1) is 12.5. The van der Waals surface area contributed by atoms with Gasteiger partial charge in [0, 0.05) is 0 Å². The quantitative estimate of drug-likeness (QED) is 0.202. The van der Waals surface area contributed by atoms with Crippen LogP contribution in [0.15, 0.2) is 42.5 Å². The zero-order valence-electron chi connectivity index (χ0n) is 13.5. The van der Waals surface area contributed by atoms with E-state index in [9.17, 15) is 14.7 Å². The maximum Gasteiger partial charge on any atom is 0.341 e. The lowest BCUT2D eigenvalue weighted by Crippen LogP contribution is -2.13. The Hall–Kier alpha value is -2.98. The van der Waals surface area contributed by atoms with E-state index in [1.165, 1.54) is 6.07 Å². The molecule has 26 heavy (non-hydrogen) atoms. The summed E-state index contributed by atoms with van der Waals surface area (Å²) in [6.45, 7) is -0.582. The van der Waals surface area contributed by atoms with Crippen LogP contribution in [0.3, 0.4) is 0 Å². The van der Waals surface area contributed by atoms with Crippen LogP contribution < -0.4 is 0 Å². The summed E-state index contributed by atoms with van der Waals surface area (Å²) in [5.41, 5.74) is 0.753. The highest BCUT2D eigenvalue weighted by atomic mass is 17.2. The average Bonchev–Trinajstić information content (AvgIpc) is 2.62. The molecule has 2 aromatic rings. The van der Waals surface area contributed by atoms with Crippen LogP contribution in [0.2, 0.25) is 0 Å². The molecule has 0 aliphatic heterocycles. The Morgan fingerprint density at radius 1 is 0.923 bits per heavy atom. The number of carbonyl (C=O) groups is 2. The van der Waals surface area contributed by atoms with E-state index in [0.717, 1.165) is 12.1 Å². The SMILES string of the molecule is O=C(O)c1cc(O)ccc1C(=O)OCOOCc1ccccc1COO. The van der Waals surface area contributed by atoms with Crippen LogP contribution in [0.5, 0.6) is 5.75 Å². The molecule has 0 radical (unpaired) electrons. The summed E-state index contributed by atoms with van der Waals surface area (Å²) in [6, 6.07) is 10.2. The zero-order valence-corrected chi connectivity index (χ0v) is 13.5. The van der Waals surface area contributed by atoms with E-state index >= 15 is 0 Å². The van der Waals surface area contributed by atoms with E-state index < -0.39 is 24.3 Å². The van der Waals surface area contributed by atoms with Gasteiger partial charge in [0.1, 0.15) is 19.0 Å². The van der Waals surface area contributed by atoms with Crippen molar-refractivity contribution in [1.82, 2.24) is 0 Å². The number of aromatic hydroxyl groups is 1. The smallest absolute Gasteiger partial charge is 0.341 e. The van der Waals surface area contributed by atoms with E-state index in [1.807, 2.05) is 0 Å². The van der Waals surface area contributed by atoms with Gasteiger partial charge < -0.3 is 14.9 Å². The molecule has 0 aliphatic carbocycles. The Morgan fingerprint density at radius 3 is 2.27 bits per heavy atom. The van der Waals surface area contributed by atoms with Crippen molar-refractivity contribution < 1.29 is 44.5 Å². The number of benzene rings is 2. The predicted molar refractivity (Wildman–Crippen MR) is 85.1 cm³/mol. The van der Waals surface area contributed by atoms with Gasteiger partial charge in [-0.25, -0.2) is 19.4 Å². The molecule has 0 bridgehead atoms. The van der Waals surface area contributed by atoms with Gasteiger partial charge in [0.15, 0.2) is 0 Å². The summed E-state index contributed by atoms with van der Waals surface area (Å²) in [7, 11) is 0. The van der Waals surface area contributed by atoms with Crippen LogP contribution in [0.1, 0.15) is 31.8 Å². The third kappa shape index (κ3) is 5.26. The number of phenolic OH excluding ortho intramolecular Hbond substituents is 1. The van der Waals surface area contributed by atoms with Gasteiger partial charge in [-0.15, -0.1) is 0 Å². The van der Waals surface area contributed by atoms with Crippen LogP contribution in [0.25, 0.3) is 0 Å². The topological polar surface area (TPSA) is 132 Å². The van der Waals surface area contributed by atoms with Gasteiger partial charge in [0.2, 0.25) is 6.79 Å². The molecule has 0 unspecified atom stereocenters. The summed E-state index contributed by atoms with van der Waals surface area (Å²) >= 11 is 0. The average molecular weight is 364 g/mol. The van der Waals surface area contributed by atoms with Crippen molar-refractivity contribution in [2.45, 2.75) is 13.2 Å². The highest BCUT2D eigenvalue weighted by Crippen LogP contribution is 2.18. The minimum Gasteiger partial charge on any atom is -0.508 e. The van der Waals surface area contributed by atoms with Gasteiger partial charge in [0.05, 0.1) is 11.1 Å². The number of phenols is 1. The molecule has 0 atom stereocenters. The molecule has 0 saturated heterocycles. The van der Waals surface area contributed by atoms with Crippen LogP contribution in [-0.4, -0.2) is 34.2 Å². The third-order valence-electron chi connectivity index (χ3n) is 3.33. The van der Waals surface area contributed by atoms with Crippen molar-refractivity contribution in [3.63, 3.8) is 0 Å². The molecule has 2 aromatic carbocycles. The molecule has 9 nitrogen and oxygen atoms in total. The summed E-state index contributed by atoms with van der Waals surface area (Å²) in [5, 5.41) is 26.9. The van der Waals surface area contributed by atoms with Gasteiger partial charge in [-0.1, -0.05) is 24.3 Å². The molecule has 2 rings (SSSR count). The summed E-state index contributed by atoms with van der Waals surface area (Å²) in [6.07, 6.45) is 0. The molecular weight excluding hydrogens is 348 g/mol. The fourth-order valence-corrected chi connectivity index (χ4v) is 2.09. The Balaban J connectivity index is 1.84. The lowest BCUT2D eigenvalue weighted by atomic mass is 10.1. The number of ether oxygens (including phenoxy) is 1. The standard InChI is InChI=1S/C17H16O9/c18-13-5-6-14(15(7-13)16(19)20)17(21)23-10-26-25-9-12-4-2-1-3-11(12)8-24-22/h1-7,18,22H,8-10H2,(H,19,20). The van der Waals surface area contributed by atoms with Crippen molar-refractivity contribution in [3.8, 4) is 5.75 Å². The monoisotopic (exact) mass is 364 g/mol. The number of hydrogen-bond donors (Lipinski definition) is 3. The Morgan fingerprint density at radius 2 is 1.62 bits per heavy atom. The Labute approximate surface area is 147 Å². The lowest BCUT2D eigenvalue weighted by molar-refractivity contribution is -0.335. The fourth-order valence-electron chi connectivity index (χ4n) is 2.09. The second-order valence-corrected chi connectivity index (χ2v) is 5.01. The molecule has 3 N–H and O–H groups in total. The van der Waals surface area contributed by atoms with Crippen molar-refractivity contribution in [3.05, 3.63) is 64.7 Å². The molecule has 0 spiro atoms. The molecule has 138 valence electrons. The fraction of sp³-hybridized carbons (Fsp3) is 0.176. The number of rotatable bonds is 9. The van der Waals surface area contributed by atoms with E-state index in [2.05, 4.69) is 4.89 Å². The normalized spacial score (nSPS) is 10.5. The van der Waals surface area contributed by atoms with Crippen molar-refractivity contribution in [2.75, 3.05) is 6.79 Å². The first-order valence-corrected chi connectivity index (χ1v) is 7.34. The lowest BCUT2D eigenvalue weighted by Gasteiger charge is -2.09. The van der Waals surface area contributed by atoms with Crippen LogP contribution in [0.4, 0.5) is 0 Å². The number of carbonyl (C=O) groups excluding carboxylic acids is 1. The van der Waals surface area contributed by atoms with E-state index in [-0.39, 0.29) is 24.5 Å². The first-order valence-electron chi connectivity index (χ1n) is 7.34. The van der Waals surface area contributed by atoms with E-state index in [0.29, 0.717) is 11.1 Å². The van der Waals surface area contributed by atoms with Crippen LogP contribution >= 0.6 is 0 Å². The first kappa shape index (κ1) is 19.3. The summed E-state index contributed by atoms with van der Waals surface area (Å²) < 4.78 is 4.78. The molecule has 0 fully saturated rings. The van der Waals surface area contributed by atoms with Crippen molar-refractivity contribution >= 4 is 11.9 Å². The van der Waals surface area contributed by atoms with Gasteiger partial charge in [-0.3, -0.25) is 5.26 Å². The van der Waals surface area contributed by atoms with E-state index in [4.69, 9.17) is 24.9 Å². The van der Waals surface area contributed by atoms with E-state index in [1.54, 1.807) is 24.3 Å². The molecule has 0 amide bonds. The second-order valence-electron chi connectivity index (χ2n) is 5.01. The largest absolute Gasteiger partial charge is 0.508 e. The molecular formula is C17H16O9. The van der Waals surface area contributed by atoms with Crippen LogP contribution in [0, 0.1) is 0 Å². The highest BCUT2D eigenvalue weighted by molar-refractivity contribution is 6.02. The zero-order chi connectivity index (χ0) is 18.9. The summed E-state index contributed by atoms with van der Waals surface area (Å²) in [4.78, 5) is 36.7. The third-order valence-corrected chi connectivity index (χ3v) is 3.33. The maximum atomic E-state index is 11.9. The van der Waals surface area contributed by atoms with Crippen molar-refractivity contribution in [2.24, 2.45) is 0 Å². The predicted octanol–water partition coefficient (Wildman–Crippen LogP) is 2.34. The minimum absolute atomic E-state index is 0.0106. The van der Waals surface area contributed by atoms with Gasteiger partial charge in [-0.2, -0.15) is 4.89 Å². The minimum atomic E-state index is -1.38. The van der Waals surface area contributed by atoms with Crippen LogP contribution in [-0.2, 0) is 32.6 Å². The van der Waals surface area contributed by atoms with Gasteiger partial charge in [-0.05, 0) is 29.3 Å². The Kier molecular flexibility index (Phi) is 7.06.